The van der Waals surface area contributed by atoms with Gasteiger partial charge < -0.3 is 5.11 Å². The highest BCUT2D eigenvalue weighted by Gasteiger charge is 2.25. The maximum atomic E-state index is 9.31. The average Bonchev–Trinajstić information content (AvgIpc) is 2.52. The Balaban J connectivity index is 2.03. The number of hydrogen-bond acceptors (Lipinski definition) is 2. The number of thioether (sulfide) groups is 1. The second-order valence-corrected chi connectivity index (χ2v) is 5.32. The van der Waals surface area contributed by atoms with Gasteiger partial charge in [0, 0.05) is 11.1 Å². The van der Waals surface area contributed by atoms with Gasteiger partial charge in [-0.1, -0.05) is 12.1 Å². The molecule has 3 heteroatoms. The lowest BCUT2D eigenvalue weighted by Gasteiger charge is -2.12. The molecular weight excluding hydrogens is 216 g/mol. The lowest BCUT2D eigenvalue weighted by molar-refractivity contribution is 0.473. The van der Waals surface area contributed by atoms with Crippen molar-refractivity contribution in [2.75, 3.05) is 11.5 Å². The van der Waals surface area contributed by atoms with Crippen molar-refractivity contribution >= 4 is 23.4 Å². The van der Waals surface area contributed by atoms with Gasteiger partial charge in [0.1, 0.15) is 5.75 Å². The van der Waals surface area contributed by atoms with Crippen molar-refractivity contribution in [3.8, 4) is 5.75 Å². The number of aromatic hydroxyl groups is 1. The van der Waals surface area contributed by atoms with Gasteiger partial charge in [-0.25, -0.2) is 0 Å². The molecule has 1 N–H and O–H groups in total. The molecule has 2 rings (SSSR count). The van der Waals surface area contributed by atoms with E-state index in [9.17, 15) is 5.11 Å². The third kappa shape index (κ3) is 2.37. The molecule has 1 heterocycles. The van der Waals surface area contributed by atoms with E-state index < -0.39 is 0 Å². The van der Waals surface area contributed by atoms with Crippen molar-refractivity contribution in [3.63, 3.8) is 0 Å². The summed E-state index contributed by atoms with van der Waals surface area (Å²) in [6.07, 6.45) is 0.982. The van der Waals surface area contributed by atoms with Crippen molar-refractivity contribution in [1.82, 2.24) is 0 Å². The number of phenols is 1. The van der Waals surface area contributed by atoms with Crippen LogP contribution in [0, 0.1) is 5.92 Å². The van der Waals surface area contributed by atoms with Gasteiger partial charge in [-0.2, -0.15) is 11.8 Å². The molecule has 2 atom stereocenters. The lowest BCUT2D eigenvalue weighted by Crippen LogP contribution is -2.14. The fourth-order valence-corrected chi connectivity index (χ4v) is 3.58. The smallest absolute Gasteiger partial charge is 0.115 e. The van der Waals surface area contributed by atoms with Crippen LogP contribution >= 0.6 is 23.4 Å². The van der Waals surface area contributed by atoms with Gasteiger partial charge in [-0.05, 0) is 35.8 Å². The number of alkyl halides is 1. The topological polar surface area (TPSA) is 20.2 Å². The van der Waals surface area contributed by atoms with Crippen LogP contribution in [-0.2, 0) is 6.42 Å². The maximum absolute atomic E-state index is 9.31. The van der Waals surface area contributed by atoms with Gasteiger partial charge in [0.25, 0.3) is 0 Å². The Morgan fingerprint density at radius 3 is 2.93 bits per heavy atom. The van der Waals surface area contributed by atoms with Crippen LogP contribution < -0.4 is 0 Å². The van der Waals surface area contributed by atoms with Gasteiger partial charge in [-0.15, -0.1) is 11.6 Å². The summed E-state index contributed by atoms with van der Waals surface area (Å²) in [4.78, 5) is 0. The molecule has 1 saturated heterocycles. The highest BCUT2D eigenvalue weighted by Crippen LogP contribution is 2.31. The first-order chi connectivity index (χ1) is 6.75. The maximum Gasteiger partial charge on any atom is 0.115 e. The molecule has 1 aliphatic rings. The average molecular weight is 229 g/mol. The highest BCUT2D eigenvalue weighted by molar-refractivity contribution is 7.99. The molecule has 1 aromatic rings. The van der Waals surface area contributed by atoms with Crippen LogP contribution in [0.15, 0.2) is 24.3 Å². The Kier molecular flexibility index (Phi) is 3.24. The van der Waals surface area contributed by atoms with Crippen LogP contribution in [0.3, 0.4) is 0 Å². The molecule has 76 valence electrons. The molecule has 0 spiro atoms. The van der Waals surface area contributed by atoms with Crippen LogP contribution in [0.25, 0.3) is 0 Å². The number of halogens is 1. The van der Waals surface area contributed by atoms with E-state index in [1.807, 2.05) is 30.0 Å². The van der Waals surface area contributed by atoms with E-state index in [4.69, 9.17) is 11.6 Å². The van der Waals surface area contributed by atoms with E-state index in [1.54, 1.807) is 6.07 Å². The summed E-state index contributed by atoms with van der Waals surface area (Å²) in [6.45, 7) is 0. The first-order valence-electron chi connectivity index (χ1n) is 4.75. The zero-order valence-corrected chi connectivity index (χ0v) is 9.39. The lowest BCUT2D eigenvalue weighted by atomic mass is 9.98. The largest absolute Gasteiger partial charge is 0.508 e. The fourth-order valence-electron chi connectivity index (χ4n) is 1.75. The zero-order chi connectivity index (χ0) is 9.97. The van der Waals surface area contributed by atoms with Crippen LogP contribution in [0.2, 0.25) is 0 Å². The van der Waals surface area contributed by atoms with Gasteiger partial charge in [0.15, 0.2) is 0 Å². The molecule has 1 fully saturated rings. The summed E-state index contributed by atoms with van der Waals surface area (Å²) < 4.78 is 0. The molecule has 0 amide bonds. The number of phenolic OH excluding ortho intramolecular Hbond substituents is 1. The van der Waals surface area contributed by atoms with Crippen LogP contribution in [0.4, 0.5) is 0 Å². The Bertz CT molecular complexity index is 316. The van der Waals surface area contributed by atoms with Gasteiger partial charge in [-0.3, -0.25) is 0 Å². The molecule has 2 unspecified atom stereocenters. The SMILES string of the molecule is Oc1cccc(CC2CSCC2Cl)c1. The fraction of sp³-hybridized carbons (Fsp3) is 0.455. The first kappa shape index (κ1) is 10.2. The molecule has 0 radical (unpaired) electrons. The summed E-state index contributed by atoms with van der Waals surface area (Å²) in [6, 6.07) is 7.46. The minimum atomic E-state index is 0.294. The molecule has 0 bridgehead atoms. The Morgan fingerprint density at radius 1 is 1.43 bits per heavy atom. The molecule has 0 aliphatic carbocycles. The number of hydrogen-bond donors (Lipinski definition) is 1. The molecular formula is C11H13ClOS. The Morgan fingerprint density at radius 2 is 2.29 bits per heavy atom. The summed E-state index contributed by atoms with van der Waals surface area (Å²) in [7, 11) is 0. The van der Waals surface area contributed by atoms with E-state index in [1.165, 1.54) is 5.56 Å². The van der Waals surface area contributed by atoms with E-state index in [0.717, 1.165) is 17.9 Å². The Hall–Kier alpha value is -0.340. The third-order valence-electron chi connectivity index (χ3n) is 2.53. The summed E-state index contributed by atoms with van der Waals surface area (Å²) in [5, 5.41) is 9.61. The van der Waals surface area contributed by atoms with Gasteiger partial charge in [0.2, 0.25) is 0 Å². The predicted molar refractivity (Wildman–Crippen MR) is 62.3 cm³/mol. The summed E-state index contributed by atoms with van der Waals surface area (Å²) >= 11 is 8.10. The van der Waals surface area contributed by atoms with E-state index >= 15 is 0 Å². The quantitative estimate of drug-likeness (QED) is 0.786. The summed E-state index contributed by atoms with van der Waals surface area (Å²) in [5.74, 6) is 3.11. The minimum absolute atomic E-state index is 0.294. The van der Waals surface area contributed by atoms with Crippen molar-refractivity contribution in [1.29, 1.82) is 0 Å². The molecule has 14 heavy (non-hydrogen) atoms. The third-order valence-corrected chi connectivity index (χ3v) is 4.48. The van der Waals surface area contributed by atoms with E-state index in [-0.39, 0.29) is 0 Å². The number of rotatable bonds is 2. The molecule has 0 aromatic heterocycles. The van der Waals surface area contributed by atoms with Gasteiger partial charge in [0.05, 0.1) is 0 Å². The van der Waals surface area contributed by atoms with E-state index in [0.29, 0.717) is 17.0 Å². The molecule has 0 saturated carbocycles. The molecule has 1 aromatic carbocycles. The second kappa shape index (κ2) is 4.45. The van der Waals surface area contributed by atoms with Crippen molar-refractivity contribution in [2.24, 2.45) is 5.92 Å². The second-order valence-electron chi connectivity index (χ2n) is 3.69. The number of benzene rings is 1. The minimum Gasteiger partial charge on any atom is -0.508 e. The monoisotopic (exact) mass is 228 g/mol. The van der Waals surface area contributed by atoms with Crippen molar-refractivity contribution in [2.45, 2.75) is 11.8 Å². The van der Waals surface area contributed by atoms with Crippen molar-refractivity contribution < 1.29 is 5.11 Å². The van der Waals surface area contributed by atoms with Crippen LogP contribution in [0.5, 0.6) is 5.75 Å². The molecule has 1 nitrogen and oxygen atoms in total. The van der Waals surface area contributed by atoms with Crippen molar-refractivity contribution in [3.05, 3.63) is 29.8 Å². The van der Waals surface area contributed by atoms with Gasteiger partial charge >= 0.3 is 0 Å². The summed E-state index contributed by atoms with van der Waals surface area (Å²) in [5.41, 5.74) is 1.18. The van der Waals surface area contributed by atoms with Crippen LogP contribution in [0.1, 0.15) is 5.56 Å². The Labute approximate surface area is 93.5 Å². The standard InChI is InChI=1S/C11H13ClOS/c12-11-7-14-6-9(11)4-8-2-1-3-10(13)5-8/h1-3,5,9,11,13H,4,6-7H2. The first-order valence-corrected chi connectivity index (χ1v) is 6.34. The highest BCUT2D eigenvalue weighted by atomic mass is 35.5. The normalized spacial score (nSPS) is 26.6. The molecule has 1 aliphatic heterocycles. The van der Waals surface area contributed by atoms with Crippen LogP contribution in [-0.4, -0.2) is 22.0 Å². The predicted octanol–water partition coefficient (Wildman–Crippen LogP) is 2.91. The van der Waals surface area contributed by atoms with E-state index in [2.05, 4.69) is 0 Å². The zero-order valence-electron chi connectivity index (χ0n) is 7.82.